The third kappa shape index (κ3) is 4.72. The molecule has 1 aliphatic heterocycles. The van der Waals surface area contributed by atoms with E-state index in [2.05, 4.69) is 11.9 Å². The molecular formula is C22H25ClN2O3. The van der Waals surface area contributed by atoms with E-state index in [-0.39, 0.29) is 11.7 Å². The number of halogens is 1. The van der Waals surface area contributed by atoms with Crippen molar-refractivity contribution in [2.45, 2.75) is 19.4 Å². The van der Waals surface area contributed by atoms with Gasteiger partial charge in [0.25, 0.3) is 5.91 Å². The molecule has 0 unspecified atom stereocenters. The second-order valence-electron chi connectivity index (χ2n) is 7.57. The van der Waals surface area contributed by atoms with Crippen molar-refractivity contribution in [1.82, 2.24) is 9.80 Å². The number of piperazine rings is 1. The number of amides is 1. The van der Waals surface area contributed by atoms with Gasteiger partial charge in [0, 0.05) is 42.3 Å². The molecule has 148 valence electrons. The zero-order valence-electron chi connectivity index (χ0n) is 16.4. The minimum absolute atomic E-state index is 0.0260. The van der Waals surface area contributed by atoms with Crippen molar-refractivity contribution in [2.24, 2.45) is 0 Å². The molecule has 0 aliphatic carbocycles. The van der Waals surface area contributed by atoms with E-state index in [0.29, 0.717) is 35.0 Å². The van der Waals surface area contributed by atoms with Crippen molar-refractivity contribution in [3.05, 3.63) is 64.7 Å². The smallest absolute Gasteiger partial charge is 0.266 e. The molecule has 0 N–H and O–H groups in total. The molecule has 0 saturated carbocycles. The Morgan fingerprint density at radius 1 is 0.893 bits per heavy atom. The molecule has 0 bridgehead atoms. The number of rotatable bonds is 5. The Balaban J connectivity index is 1.66. The summed E-state index contributed by atoms with van der Waals surface area (Å²) in [5.41, 5.74) is 0.152. The number of carbonyl (C=O) groups is 2. The number of hydrogen-bond donors (Lipinski definition) is 0. The maximum Gasteiger partial charge on any atom is 0.266 e. The highest BCUT2D eigenvalue weighted by molar-refractivity contribution is 6.30. The minimum Gasteiger partial charge on any atom is -0.478 e. The number of ketones is 1. The van der Waals surface area contributed by atoms with Crippen LogP contribution >= 0.6 is 11.6 Å². The summed E-state index contributed by atoms with van der Waals surface area (Å²) in [6, 6.07) is 13.7. The first-order valence-electron chi connectivity index (χ1n) is 9.33. The van der Waals surface area contributed by atoms with E-state index < -0.39 is 5.60 Å². The van der Waals surface area contributed by atoms with Crippen LogP contribution in [0.1, 0.15) is 29.8 Å². The fourth-order valence-corrected chi connectivity index (χ4v) is 3.30. The van der Waals surface area contributed by atoms with Gasteiger partial charge in [0.15, 0.2) is 11.4 Å². The molecule has 6 heteroatoms. The summed E-state index contributed by atoms with van der Waals surface area (Å²) in [6.07, 6.45) is 0. The zero-order valence-corrected chi connectivity index (χ0v) is 17.2. The SMILES string of the molecule is CN1CCN(C(=O)C(C)(C)Oc2ccc(C(=O)c3ccc(Cl)cc3)cc2)CC1. The topological polar surface area (TPSA) is 49.9 Å². The van der Waals surface area contributed by atoms with Crippen LogP contribution in [-0.2, 0) is 4.79 Å². The summed E-state index contributed by atoms with van der Waals surface area (Å²) < 4.78 is 5.97. The standard InChI is InChI=1S/C22H25ClN2O3/c1-22(2,21(27)25-14-12-24(3)13-15-25)28-19-10-6-17(7-11-19)20(26)16-4-8-18(23)9-5-16/h4-11H,12-15H2,1-3H3. The number of likely N-dealkylation sites (N-methyl/N-ethyl adjacent to an activating group) is 1. The molecule has 1 heterocycles. The normalized spacial score (nSPS) is 15.4. The fraction of sp³-hybridized carbons (Fsp3) is 0.364. The predicted molar refractivity (Wildman–Crippen MR) is 110 cm³/mol. The number of ether oxygens (including phenoxy) is 1. The molecule has 0 aromatic heterocycles. The molecule has 2 aromatic carbocycles. The average molecular weight is 401 g/mol. The molecule has 1 fully saturated rings. The van der Waals surface area contributed by atoms with Crippen LogP contribution in [-0.4, -0.2) is 60.3 Å². The van der Waals surface area contributed by atoms with Gasteiger partial charge >= 0.3 is 0 Å². The van der Waals surface area contributed by atoms with Gasteiger partial charge in [-0.05, 0) is 69.4 Å². The molecule has 3 rings (SSSR count). The van der Waals surface area contributed by atoms with Crippen molar-refractivity contribution in [3.8, 4) is 5.75 Å². The van der Waals surface area contributed by atoms with Crippen molar-refractivity contribution in [2.75, 3.05) is 33.2 Å². The monoisotopic (exact) mass is 400 g/mol. The molecule has 1 saturated heterocycles. The summed E-state index contributed by atoms with van der Waals surface area (Å²) >= 11 is 5.87. The lowest BCUT2D eigenvalue weighted by atomic mass is 10.0. The molecule has 2 aromatic rings. The van der Waals surface area contributed by atoms with Gasteiger partial charge < -0.3 is 14.5 Å². The molecule has 0 spiro atoms. The van der Waals surface area contributed by atoms with Gasteiger partial charge in [-0.1, -0.05) is 11.6 Å². The lowest BCUT2D eigenvalue weighted by molar-refractivity contribution is -0.147. The van der Waals surface area contributed by atoms with E-state index in [4.69, 9.17) is 16.3 Å². The summed E-state index contributed by atoms with van der Waals surface area (Å²) in [4.78, 5) is 29.4. The molecule has 1 amide bonds. The van der Waals surface area contributed by atoms with Crippen molar-refractivity contribution < 1.29 is 14.3 Å². The highest BCUT2D eigenvalue weighted by Crippen LogP contribution is 2.23. The molecule has 1 aliphatic rings. The lowest BCUT2D eigenvalue weighted by Crippen LogP contribution is -2.55. The first-order chi connectivity index (χ1) is 13.3. The zero-order chi connectivity index (χ0) is 20.3. The summed E-state index contributed by atoms with van der Waals surface area (Å²) in [5, 5.41) is 0.590. The van der Waals surface area contributed by atoms with Gasteiger partial charge in [0.2, 0.25) is 0 Å². The predicted octanol–water partition coefficient (Wildman–Crippen LogP) is 3.50. The Kier molecular flexibility index (Phi) is 6.06. The second kappa shape index (κ2) is 8.33. The van der Waals surface area contributed by atoms with E-state index in [0.717, 1.165) is 13.1 Å². The molecular weight excluding hydrogens is 376 g/mol. The Bertz CT molecular complexity index is 839. The molecule has 0 radical (unpaired) electrons. The largest absolute Gasteiger partial charge is 0.478 e. The van der Waals surface area contributed by atoms with Gasteiger partial charge in [-0.3, -0.25) is 9.59 Å². The Hall–Kier alpha value is -2.37. The average Bonchev–Trinajstić information content (AvgIpc) is 2.68. The van der Waals surface area contributed by atoms with Crippen LogP contribution in [0, 0.1) is 0 Å². The van der Waals surface area contributed by atoms with Gasteiger partial charge in [-0.25, -0.2) is 0 Å². The number of hydrogen-bond acceptors (Lipinski definition) is 4. The van der Waals surface area contributed by atoms with Gasteiger partial charge in [0.05, 0.1) is 0 Å². The van der Waals surface area contributed by atoms with E-state index in [1.807, 2.05) is 4.90 Å². The summed E-state index contributed by atoms with van der Waals surface area (Å²) in [6.45, 7) is 6.70. The Morgan fingerprint density at radius 2 is 1.39 bits per heavy atom. The second-order valence-corrected chi connectivity index (χ2v) is 8.00. The van der Waals surface area contributed by atoms with Crippen LogP contribution < -0.4 is 4.74 Å². The van der Waals surface area contributed by atoms with Crippen LogP contribution in [0.5, 0.6) is 5.75 Å². The Morgan fingerprint density at radius 3 is 1.93 bits per heavy atom. The van der Waals surface area contributed by atoms with Crippen molar-refractivity contribution >= 4 is 23.3 Å². The summed E-state index contributed by atoms with van der Waals surface area (Å²) in [5.74, 6) is 0.443. The molecule has 0 atom stereocenters. The number of benzene rings is 2. The quantitative estimate of drug-likeness (QED) is 0.721. The molecule has 5 nitrogen and oxygen atoms in total. The number of nitrogens with zero attached hydrogens (tertiary/aromatic N) is 2. The van der Waals surface area contributed by atoms with Crippen LogP contribution in [0.3, 0.4) is 0 Å². The van der Waals surface area contributed by atoms with Gasteiger partial charge in [0.1, 0.15) is 5.75 Å². The van der Waals surface area contributed by atoms with E-state index in [1.165, 1.54) is 0 Å². The summed E-state index contributed by atoms with van der Waals surface area (Å²) in [7, 11) is 2.05. The van der Waals surface area contributed by atoms with Crippen molar-refractivity contribution in [1.29, 1.82) is 0 Å². The van der Waals surface area contributed by atoms with Crippen LogP contribution in [0.15, 0.2) is 48.5 Å². The minimum atomic E-state index is -0.975. The first-order valence-corrected chi connectivity index (χ1v) is 9.71. The van der Waals surface area contributed by atoms with Crippen LogP contribution in [0.2, 0.25) is 5.02 Å². The third-order valence-corrected chi connectivity index (χ3v) is 5.15. The lowest BCUT2D eigenvalue weighted by Gasteiger charge is -2.37. The molecule has 28 heavy (non-hydrogen) atoms. The number of carbonyl (C=O) groups excluding carboxylic acids is 2. The van der Waals surface area contributed by atoms with Crippen LogP contribution in [0.25, 0.3) is 0 Å². The Labute approximate surface area is 170 Å². The highest BCUT2D eigenvalue weighted by atomic mass is 35.5. The maximum atomic E-state index is 12.8. The van der Waals surface area contributed by atoms with Gasteiger partial charge in [-0.2, -0.15) is 0 Å². The first kappa shape index (κ1) is 20.4. The van der Waals surface area contributed by atoms with Gasteiger partial charge in [-0.15, -0.1) is 0 Å². The maximum absolute atomic E-state index is 12.8. The fourth-order valence-electron chi connectivity index (χ4n) is 3.17. The van der Waals surface area contributed by atoms with Crippen LogP contribution in [0.4, 0.5) is 0 Å². The van der Waals surface area contributed by atoms with E-state index in [1.54, 1.807) is 62.4 Å². The third-order valence-electron chi connectivity index (χ3n) is 4.90. The van der Waals surface area contributed by atoms with Crippen molar-refractivity contribution in [3.63, 3.8) is 0 Å². The van der Waals surface area contributed by atoms with E-state index in [9.17, 15) is 9.59 Å². The highest BCUT2D eigenvalue weighted by Gasteiger charge is 2.35. The van der Waals surface area contributed by atoms with E-state index >= 15 is 0 Å².